The van der Waals surface area contributed by atoms with Crippen molar-refractivity contribution in [3.8, 4) is 0 Å². The van der Waals surface area contributed by atoms with Gasteiger partial charge in [-0.2, -0.15) is 0 Å². The number of sulfonamides is 1. The molecule has 0 amide bonds. The van der Waals surface area contributed by atoms with Crippen molar-refractivity contribution in [2.75, 3.05) is 25.5 Å². The summed E-state index contributed by atoms with van der Waals surface area (Å²) in [6.07, 6.45) is 0.407. The monoisotopic (exact) mass is 322 g/mol. The fourth-order valence-corrected chi connectivity index (χ4v) is 2.80. The summed E-state index contributed by atoms with van der Waals surface area (Å²) in [5.41, 5.74) is 5.06. The molecule has 1 aromatic rings. The van der Waals surface area contributed by atoms with Gasteiger partial charge in [0.25, 0.3) is 0 Å². The van der Waals surface area contributed by atoms with Gasteiger partial charge in [-0.25, -0.2) is 21.9 Å². The predicted octanol–water partition coefficient (Wildman–Crippen LogP) is 1.89. The molecule has 0 fully saturated rings. The Bertz CT molecular complexity index is 554. The van der Waals surface area contributed by atoms with E-state index in [2.05, 4.69) is 4.72 Å². The second-order valence-electron chi connectivity index (χ2n) is 5.03. The molecule has 8 heteroatoms. The van der Waals surface area contributed by atoms with Crippen molar-refractivity contribution in [2.45, 2.75) is 25.2 Å². The molecule has 1 aromatic carbocycles. The third-order valence-electron chi connectivity index (χ3n) is 2.50. The maximum atomic E-state index is 13.6. The van der Waals surface area contributed by atoms with Crippen molar-refractivity contribution in [3.05, 3.63) is 23.8 Å². The molecule has 0 spiro atoms. The predicted molar refractivity (Wildman–Crippen MR) is 76.2 cm³/mol. The molecule has 120 valence electrons. The lowest BCUT2D eigenvalue weighted by atomic mass is 10.2. The molecule has 0 saturated heterocycles. The smallest absolute Gasteiger partial charge is 0.246 e. The summed E-state index contributed by atoms with van der Waals surface area (Å²) < 4.78 is 58.2. The highest BCUT2D eigenvalue weighted by Gasteiger charge is 2.24. The number of nitrogens with two attached hydrogens (primary N) is 1. The molecule has 0 heterocycles. The Labute approximate surface area is 123 Å². The Kier molecular flexibility index (Phi) is 6.50. The fourth-order valence-electron chi connectivity index (χ4n) is 1.61. The van der Waals surface area contributed by atoms with E-state index in [0.717, 1.165) is 12.1 Å². The highest BCUT2D eigenvalue weighted by atomic mass is 32.2. The number of anilines is 1. The number of nitrogen functional groups attached to an aromatic ring is 1. The fraction of sp³-hybridized carbons (Fsp3) is 0.538. The third kappa shape index (κ3) is 5.56. The third-order valence-corrected chi connectivity index (χ3v) is 4.01. The molecule has 0 aliphatic carbocycles. The van der Waals surface area contributed by atoms with E-state index in [9.17, 15) is 17.2 Å². The maximum Gasteiger partial charge on any atom is 0.246 e. The summed E-state index contributed by atoms with van der Waals surface area (Å²) in [6.45, 7) is 4.97. The second-order valence-corrected chi connectivity index (χ2v) is 6.74. The van der Waals surface area contributed by atoms with Gasteiger partial charge >= 0.3 is 0 Å². The topological polar surface area (TPSA) is 81.4 Å². The molecule has 0 aliphatic heterocycles. The van der Waals surface area contributed by atoms with Crippen molar-refractivity contribution >= 4 is 15.7 Å². The molecule has 0 radical (unpaired) electrons. The lowest BCUT2D eigenvalue weighted by molar-refractivity contribution is 0.108. The summed E-state index contributed by atoms with van der Waals surface area (Å²) in [5, 5.41) is 0. The first-order valence-electron chi connectivity index (χ1n) is 6.56. The average Bonchev–Trinajstić information content (AvgIpc) is 2.31. The van der Waals surface area contributed by atoms with E-state index < -0.39 is 26.6 Å². The number of nitrogens with one attached hydrogen (secondary N) is 1. The van der Waals surface area contributed by atoms with Gasteiger partial charge in [0, 0.05) is 25.4 Å². The lowest BCUT2D eigenvalue weighted by Crippen LogP contribution is -2.27. The van der Waals surface area contributed by atoms with E-state index in [1.54, 1.807) is 0 Å². The van der Waals surface area contributed by atoms with E-state index >= 15 is 0 Å². The van der Waals surface area contributed by atoms with Gasteiger partial charge in [0.1, 0.15) is 11.6 Å². The highest BCUT2D eigenvalue weighted by molar-refractivity contribution is 7.89. The van der Waals surface area contributed by atoms with Crippen LogP contribution in [0.15, 0.2) is 17.0 Å². The molecule has 5 nitrogen and oxygen atoms in total. The van der Waals surface area contributed by atoms with Crippen LogP contribution >= 0.6 is 0 Å². The number of ether oxygens (including phenoxy) is 1. The second kappa shape index (κ2) is 7.67. The van der Waals surface area contributed by atoms with Crippen LogP contribution in [0, 0.1) is 17.6 Å². The van der Waals surface area contributed by atoms with Gasteiger partial charge in [-0.15, -0.1) is 0 Å². The molecule has 21 heavy (non-hydrogen) atoms. The normalized spacial score (nSPS) is 12.0. The maximum absolute atomic E-state index is 13.6. The van der Waals surface area contributed by atoms with Crippen LogP contribution in [-0.4, -0.2) is 28.2 Å². The molecule has 0 saturated carbocycles. The molecule has 0 bridgehead atoms. The van der Waals surface area contributed by atoms with E-state index in [0.29, 0.717) is 25.6 Å². The van der Waals surface area contributed by atoms with Crippen LogP contribution in [0.5, 0.6) is 0 Å². The molecule has 0 aliphatic rings. The van der Waals surface area contributed by atoms with Crippen molar-refractivity contribution in [1.29, 1.82) is 0 Å². The van der Waals surface area contributed by atoms with Crippen LogP contribution < -0.4 is 10.5 Å². The zero-order chi connectivity index (χ0) is 16.0. The van der Waals surface area contributed by atoms with Gasteiger partial charge in [-0.3, -0.25) is 0 Å². The van der Waals surface area contributed by atoms with Gasteiger partial charge in [-0.05, 0) is 24.5 Å². The van der Waals surface area contributed by atoms with E-state index in [-0.39, 0.29) is 12.2 Å². The zero-order valence-corrected chi connectivity index (χ0v) is 12.8. The van der Waals surface area contributed by atoms with Crippen LogP contribution in [0.4, 0.5) is 14.5 Å². The SMILES string of the molecule is CC(C)COCCCNS(=O)(=O)c1c(F)cc(N)cc1F. The van der Waals surface area contributed by atoms with E-state index in [4.69, 9.17) is 10.5 Å². The highest BCUT2D eigenvalue weighted by Crippen LogP contribution is 2.21. The quantitative estimate of drug-likeness (QED) is 0.566. The molecular weight excluding hydrogens is 302 g/mol. The minimum Gasteiger partial charge on any atom is -0.399 e. The molecule has 0 aromatic heterocycles. The average molecular weight is 322 g/mol. The van der Waals surface area contributed by atoms with Gasteiger partial charge in [-0.1, -0.05) is 13.8 Å². The van der Waals surface area contributed by atoms with Gasteiger partial charge < -0.3 is 10.5 Å². The summed E-state index contributed by atoms with van der Waals surface area (Å²) in [5.74, 6) is -2.04. The molecule has 0 unspecified atom stereocenters. The summed E-state index contributed by atoms with van der Waals surface area (Å²) in [6, 6.07) is 1.53. The summed E-state index contributed by atoms with van der Waals surface area (Å²) in [7, 11) is -4.25. The van der Waals surface area contributed by atoms with Crippen LogP contribution in [0.1, 0.15) is 20.3 Å². The number of halogens is 2. The first-order valence-corrected chi connectivity index (χ1v) is 8.04. The number of benzene rings is 1. The number of rotatable bonds is 8. The minimum absolute atomic E-state index is 0.0314. The molecule has 3 N–H and O–H groups in total. The van der Waals surface area contributed by atoms with Gasteiger partial charge in [0.15, 0.2) is 4.90 Å². The van der Waals surface area contributed by atoms with E-state index in [1.165, 1.54) is 0 Å². The Morgan fingerprint density at radius 2 is 1.86 bits per heavy atom. The zero-order valence-electron chi connectivity index (χ0n) is 12.0. The molecular formula is C13H20F2N2O3S. The largest absolute Gasteiger partial charge is 0.399 e. The Morgan fingerprint density at radius 3 is 2.38 bits per heavy atom. The first-order chi connectivity index (χ1) is 9.74. The summed E-state index contributed by atoms with van der Waals surface area (Å²) >= 11 is 0. The lowest BCUT2D eigenvalue weighted by Gasteiger charge is -2.10. The van der Waals surface area contributed by atoms with Crippen molar-refractivity contribution in [1.82, 2.24) is 4.72 Å². The van der Waals surface area contributed by atoms with Crippen molar-refractivity contribution in [3.63, 3.8) is 0 Å². The van der Waals surface area contributed by atoms with Crippen LogP contribution in [0.25, 0.3) is 0 Å². The van der Waals surface area contributed by atoms with Gasteiger partial charge in [0.05, 0.1) is 0 Å². The van der Waals surface area contributed by atoms with Crippen LogP contribution in [0.2, 0.25) is 0 Å². The van der Waals surface area contributed by atoms with Crippen LogP contribution in [0.3, 0.4) is 0 Å². The number of hydrogen-bond acceptors (Lipinski definition) is 4. The Balaban J connectivity index is 2.59. The van der Waals surface area contributed by atoms with Crippen LogP contribution in [-0.2, 0) is 14.8 Å². The Hall–Kier alpha value is -1.25. The number of hydrogen-bond donors (Lipinski definition) is 2. The standard InChI is InChI=1S/C13H20F2N2O3S/c1-9(2)8-20-5-3-4-17-21(18,19)13-11(14)6-10(16)7-12(13)15/h6-7,9,17H,3-5,8,16H2,1-2H3. The van der Waals surface area contributed by atoms with Crippen molar-refractivity contribution in [2.24, 2.45) is 5.92 Å². The summed E-state index contributed by atoms with van der Waals surface area (Å²) in [4.78, 5) is -1.01. The first kappa shape index (κ1) is 17.8. The molecule has 1 rings (SSSR count). The minimum atomic E-state index is -4.25. The Morgan fingerprint density at radius 1 is 1.29 bits per heavy atom. The van der Waals surface area contributed by atoms with Gasteiger partial charge in [0.2, 0.25) is 10.0 Å². The van der Waals surface area contributed by atoms with E-state index in [1.807, 2.05) is 13.8 Å². The van der Waals surface area contributed by atoms with Crippen molar-refractivity contribution < 1.29 is 21.9 Å². The molecule has 0 atom stereocenters.